The highest BCUT2D eigenvalue weighted by atomic mass is 35.5. The number of fused-ring (bicyclic) bond motifs is 1. The highest BCUT2D eigenvalue weighted by Gasteiger charge is 2.06. The molecule has 26 heavy (non-hydrogen) atoms. The summed E-state index contributed by atoms with van der Waals surface area (Å²) in [4.78, 5) is 0. The third-order valence-corrected chi connectivity index (χ3v) is 5.03. The molecule has 0 unspecified atom stereocenters. The van der Waals surface area contributed by atoms with Crippen LogP contribution in [0.5, 0.6) is 11.5 Å². The van der Waals surface area contributed by atoms with Gasteiger partial charge in [0, 0.05) is 5.88 Å². The Morgan fingerprint density at radius 3 is 2.35 bits per heavy atom. The molecular weight excluding hydrogens is 344 g/mol. The molecule has 0 saturated carbocycles. The molecule has 0 radical (unpaired) electrons. The summed E-state index contributed by atoms with van der Waals surface area (Å²) in [6.45, 7) is 5.90. The average molecular weight is 377 g/mol. The normalized spacial score (nSPS) is 11.0. The Morgan fingerprint density at radius 1 is 0.808 bits per heavy atom. The zero-order valence-electron chi connectivity index (χ0n) is 16.4. The summed E-state index contributed by atoms with van der Waals surface area (Å²) in [6, 6.07) is 10.5. The third kappa shape index (κ3) is 6.72. The molecule has 2 aromatic carbocycles. The molecule has 0 aliphatic carbocycles. The van der Waals surface area contributed by atoms with Gasteiger partial charge in [0.25, 0.3) is 0 Å². The number of ether oxygens (including phenoxy) is 2. The molecule has 2 aromatic rings. The Morgan fingerprint density at radius 2 is 1.54 bits per heavy atom. The molecule has 0 amide bonds. The SMILES string of the molecule is CCCCCCCCOc1ccc2c(C)c(OCCCCCl)ccc2c1. The van der Waals surface area contributed by atoms with Crippen molar-refractivity contribution in [3.63, 3.8) is 0 Å². The Bertz CT molecular complexity index is 654. The van der Waals surface area contributed by atoms with E-state index in [0.717, 1.165) is 44.0 Å². The van der Waals surface area contributed by atoms with Gasteiger partial charge in [-0.15, -0.1) is 11.6 Å². The van der Waals surface area contributed by atoms with Crippen molar-refractivity contribution in [2.45, 2.75) is 65.2 Å². The number of halogens is 1. The highest BCUT2D eigenvalue weighted by molar-refractivity contribution is 6.17. The molecule has 0 fully saturated rings. The molecule has 2 rings (SSSR count). The minimum atomic E-state index is 0.696. The van der Waals surface area contributed by atoms with Crippen molar-refractivity contribution in [2.75, 3.05) is 19.1 Å². The molecule has 0 spiro atoms. The molecule has 2 nitrogen and oxygen atoms in total. The fourth-order valence-electron chi connectivity index (χ4n) is 3.14. The van der Waals surface area contributed by atoms with E-state index in [1.165, 1.54) is 48.4 Å². The first-order valence-corrected chi connectivity index (χ1v) is 10.6. The van der Waals surface area contributed by atoms with Gasteiger partial charge in [-0.3, -0.25) is 0 Å². The van der Waals surface area contributed by atoms with Crippen LogP contribution in [0.15, 0.2) is 30.3 Å². The third-order valence-electron chi connectivity index (χ3n) is 4.76. The van der Waals surface area contributed by atoms with Crippen LogP contribution in [0.1, 0.15) is 63.9 Å². The Balaban J connectivity index is 1.86. The first kappa shape index (κ1) is 20.9. The van der Waals surface area contributed by atoms with Gasteiger partial charge < -0.3 is 9.47 Å². The number of benzene rings is 2. The van der Waals surface area contributed by atoms with Gasteiger partial charge in [-0.05, 0) is 60.7 Å². The van der Waals surface area contributed by atoms with E-state index in [1.54, 1.807) is 0 Å². The molecular formula is C23H33ClO2. The van der Waals surface area contributed by atoms with E-state index in [2.05, 4.69) is 44.2 Å². The van der Waals surface area contributed by atoms with Gasteiger partial charge in [0.1, 0.15) is 11.5 Å². The largest absolute Gasteiger partial charge is 0.494 e. The second-order valence-corrected chi connectivity index (χ2v) is 7.31. The van der Waals surface area contributed by atoms with E-state index in [-0.39, 0.29) is 0 Å². The Labute approximate surface area is 163 Å². The minimum absolute atomic E-state index is 0.696. The molecule has 144 valence electrons. The van der Waals surface area contributed by atoms with Crippen LogP contribution < -0.4 is 9.47 Å². The van der Waals surface area contributed by atoms with Crippen molar-refractivity contribution < 1.29 is 9.47 Å². The summed E-state index contributed by atoms with van der Waals surface area (Å²) in [5.74, 6) is 2.62. The standard InChI is InChI=1S/C23H33ClO2/c1-3-4-5-6-7-9-16-25-21-12-13-22-19(2)23(14-11-20(22)18-21)26-17-10-8-15-24/h11-14,18H,3-10,15-17H2,1-2H3. The number of hydrogen-bond acceptors (Lipinski definition) is 2. The summed E-state index contributed by atoms with van der Waals surface area (Å²) in [5, 5.41) is 2.43. The molecule has 0 N–H and O–H groups in total. The van der Waals surface area contributed by atoms with E-state index in [9.17, 15) is 0 Å². The summed E-state index contributed by atoms with van der Waals surface area (Å²) in [7, 11) is 0. The fourth-order valence-corrected chi connectivity index (χ4v) is 3.33. The van der Waals surface area contributed by atoms with Gasteiger partial charge in [-0.25, -0.2) is 0 Å². The van der Waals surface area contributed by atoms with Crippen LogP contribution in [-0.2, 0) is 0 Å². The second-order valence-electron chi connectivity index (χ2n) is 6.93. The van der Waals surface area contributed by atoms with Crippen LogP contribution in [0.25, 0.3) is 10.8 Å². The zero-order valence-corrected chi connectivity index (χ0v) is 17.1. The molecule has 0 bridgehead atoms. The molecule has 0 atom stereocenters. The first-order valence-electron chi connectivity index (χ1n) is 10.1. The Kier molecular flexibility index (Phi) is 9.70. The topological polar surface area (TPSA) is 18.5 Å². The van der Waals surface area contributed by atoms with Crippen LogP contribution in [0, 0.1) is 6.92 Å². The second kappa shape index (κ2) is 12.1. The predicted molar refractivity (Wildman–Crippen MR) is 113 cm³/mol. The fraction of sp³-hybridized carbons (Fsp3) is 0.565. The quantitative estimate of drug-likeness (QED) is 0.270. The van der Waals surface area contributed by atoms with Gasteiger partial charge in [0.2, 0.25) is 0 Å². The lowest BCUT2D eigenvalue weighted by atomic mass is 10.0. The number of aryl methyl sites for hydroxylation is 1. The summed E-state index contributed by atoms with van der Waals surface area (Å²) >= 11 is 5.71. The maximum atomic E-state index is 5.94. The van der Waals surface area contributed by atoms with Crippen molar-refractivity contribution in [1.82, 2.24) is 0 Å². The number of alkyl halides is 1. The first-order chi connectivity index (χ1) is 12.8. The molecule has 0 saturated heterocycles. The smallest absolute Gasteiger partial charge is 0.122 e. The van der Waals surface area contributed by atoms with Crippen LogP contribution in [-0.4, -0.2) is 19.1 Å². The minimum Gasteiger partial charge on any atom is -0.494 e. The maximum Gasteiger partial charge on any atom is 0.122 e. The lowest BCUT2D eigenvalue weighted by Crippen LogP contribution is -2.00. The number of unbranched alkanes of at least 4 members (excludes halogenated alkanes) is 6. The summed E-state index contributed by atoms with van der Waals surface area (Å²) < 4.78 is 11.8. The summed E-state index contributed by atoms with van der Waals surface area (Å²) in [5.41, 5.74) is 1.19. The maximum absolute atomic E-state index is 5.94. The Hall–Kier alpha value is -1.41. The van der Waals surface area contributed by atoms with E-state index in [0.29, 0.717) is 5.88 Å². The predicted octanol–water partition coefficient (Wildman–Crippen LogP) is 7.29. The van der Waals surface area contributed by atoms with Crippen molar-refractivity contribution in [3.05, 3.63) is 35.9 Å². The lowest BCUT2D eigenvalue weighted by molar-refractivity contribution is 0.304. The number of rotatable bonds is 13. The molecule has 0 aliphatic rings. The van der Waals surface area contributed by atoms with Crippen LogP contribution in [0.2, 0.25) is 0 Å². The van der Waals surface area contributed by atoms with Crippen molar-refractivity contribution in [1.29, 1.82) is 0 Å². The van der Waals surface area contributed by atoms with Gasteiger partial charge in [0.05, 0.1) is 13.2 Å². The van der Waals surface area contributed by atoms with Crippen LogP contribution in [0.4, 0.5) is 0 Å². The average Bonchev–Trinajstić information content (AvgIpc) is 2.66. The van der Waals surface area contributed by atoms with Crippen molar-refractivity contribution in [2.24, 2.45) is 0 Å². The van der Waals surface area contributed by atoms with Gasteiger partial charge >= 0.3 is 0 Å². The van der Waals surface area contributed by atoms with Crippen molar-refractivity contribution in [3.8, 4) is 11.5 Å². The number of hydrogen-bond donors (Lipinski definition) is 0. The van der Waals surface area contributed by atoms with Gasteiger partial charge in [-0.1, -0.05) is 51.2 Å². The molecule has 3 heteroatoms. The lowest BCUT2D eigenvalue weighted by Gasteiger charge is -2.13. The van der Waals surface area contributed by atoms with E-state index in [4.69, 9.17) is 21.1 Å². The highest BCUT2D eigenvalue weighted by Crippen LogP contribution is 2.30. The van der Waals surface area contributed by atoms with E-state index < -0.39 is 0 Å². The molecule has 0 aliphatic heterocycles. The van der Waals surface area contributed by atoms with Crippen LogP contribution >= 0.6 is 11.6 Å². The molecule has 0 aromatic heterocycles. The summed E-state index contributed by atoms with van der Waals surface area (Å²) in [6.07, 6.45) is 9.70. The van der Waals surface area contributed by atoms with E-state index in [1.807, 2.05) is 0 Å². The monoisotopic (exact) mass is 376 g/mol. The molecule has 0 heterocycles. The van der Waals surface area contributed by atoms with Gasteiger partial charge in [-0.2, -0.15) is 0 Å². The van der Waals surface area contributed by atoms with Crippen LogP contribution in [0.3, 0.4) is 0 Å². The van der Waals surface area contributed by atoms with Crippen molar-refractivity contribution >= 4 is 22.4 Å². The van der Waals surface area contributed by atoms with Gasteiger partial charge in [0.15, 0.2) is 0 Å². The zero-order chi connectivity index (χ0) is 18.6. The van der Waals surface area contributed by atoms with E-state index >= 15 is 0 Å².